The van der Waals surface area contributed by atoms with E-state index in [2.05, 4.69) is 10.2 Å². The molecule has 1 aliphatic heterocycles. The predicted octanol–water partition coefficient (Wildman–Crippen LogP) is 0.713. The molecule has 5 heteroatoms. The Balaban J connectivity index is 1.82. The molecule has 122 valence electrons. The molecule has 4 N–H and O–H groups in total. The van der Waals surface area contributed by atoms with Crippen molar-refractivity contribution >= 4 is 5.91 Å². The first-order valence-corrected chi connectivity index (χ1v) is 8.46. The fourth-order valence-electron chi connectivity index (χ4n) is 3.80. The Morgan fingerprint density at radius 1 is 1.33 bits per heavy atom. The molecule has 0 bridgehead atoms. The molecular weight excluding hydrogens is 266 g/mol. The van der Waals surface area contributed by atoms with Gasteiger partial charge in [-0.15, -0.1) is 0 Å². The highest BCUT2D eigenvalue weighted by Gasteiger charge is 2.30. The number of piperidine rings is 1. The van der Waals surface area contributed by atoms with Crippen LogP contribution in [0.4, 0.5) is 0 Å². The highest BCUT2D eigenvalue weighted by atomic mass is 16.3. The lowest BCUT2D eigenvalue weighted by molar-refractivity contribution is -0.120. The summed E-state index contributed by atoms with van der Waals surface area (Å²) in [6, 6.07) is 0.361. The number of hydrogen-bond acceptors (Lipinski definition) is 4. The smallest absolute Gasteiger partial charge is 0.231 e. The molecule has 21 heavy (non-hydrogen) atoms. The Bertz CT molecular complexity index is 329. The number of aliphatic hydroxyl groups excluding tert-OH is 1. The van der Waals surface area contributed by atoms with Crippen LogP contribution in [0.1, 0.15) is 45.4 Å². The van der Waals surface area contributed by atoms with Crippen molar-refractivity contribution in [3.05, 3.63) is 0 Å². The Kier molecular flexibility index (Phi) is 6.45. The number of nitrogens with one attached hydrogen (secondary N) is 1. The van der Waals surface area contributed by atoms with Crippen LogP contribution in [0.2, 0.25) is 0 Å². The molecule has 1 saturated heterocycles. The molecule has 0 aromatic rings. The van der Waals surface area contributed by atoms with Crippen LogP contribution in [-0.4, -0.2) is 54.2 Å². The number of nitrogens with two attached hydrogens (primary N) is 1. The molecule has 1 heterocycles. The van der Waals surface area contributed by atoms with Crippen molar-refractivity contribution in [1.29, 1.82) is 0 Å². The zero-order chi connectivity index (χ0) is 15.2. The normalized spacial score (nSPS) is 30.2. The van der Waals surface area contributed by atoms with Gasteiger partial charge in [-0.1, -0.05) is 19.3 Å². The Hall–Kier alpha value is -0.650. The van der Waals surface area contributed by atoms with E-state index in [1.54, 1.807) is 0 Å². The van der Waals surface area contributed by atoms with Crippen molar-refractivity contribution in [3.8, 4) is 0 Å². The van der Waals surface area contributed by atoms with Gasteiger partial charge in [-0.25, -0.2) is 0 Å². The lowest BCUT2D eigenvalue weighted by atomic mass is 9.87. The first kappa shape index (κ1) is 16.7. The fraction of sp³-hybridized carbons (Fsp3) is 0.938. The summed E-state index contributed by atoms with van der Waals surface area (Å²) in [5.41, 5.74) is 5.32. The van der Waals surface area contributed by atoms with Crippen molar-refractivity contribution in [2.24, 2.45) is 17.6 Å². The maximum Gasteiger partial charge on any atom is 0.231 e. The Morgan fingerprint density at radius 2 is 2.05 bits per heavy atom. The van der Waals surface area contributed by atoms with Crippen LogP contribution >= 0.6 is 0 Å². The highest BCUT2D eigenvalue weighted by Crippen LogP contribution is 2.24. The average molecular weight is 297 g/mol. The van der Waals surface area contributed by atoms with Gasteiger partial charge >= 0.3 is 0 Å². The largest absolute Gasteiger partial charge is 0.393 e. The number of nitrogens with zero attached hydrogens (tertiary/aromatic N) is 1. The van der Waals surface area contributed by atoms with E-state index in [1.165, 1.54) is 32.1 Å². The Morgan fingerprint density at radius 3 is 2.67 bits per heavy atom. The van der Waals surface area contributed by atoms with Crippen LogP contribution in [0.25, 0.3) is 0 Å². The third-order valence-electron chi connectivity index (χ3n) is 5.04. The number of primary amides is 1. The number of carbonyl (C=O) groups is 1. The number of likely N-dealkylation sites (tertiary alicyclic amines) is 1. The molecule has 1 aliphatic carbocycles. The second-order valence-corrected chi connectivity index (χ2v) is 7.01. The van der Waals surface area contributed by atoms with Gasteiger partial charge in [-0.2, -0.15) is 0 Å². The van der Waals surface area contributed by atoms with Gasteiger partial charge in [-0.05, 0) is 44.6 Å². The number of aliphatic hydroxyl groups is 1. The minimum absolute atomic E-state index is 0.224. The molecule has 1 amide bonds. The third kappa shape index (κ3) is 5.57. The monoisotopic (exact) mass is 297 g/mol. The molecule has 0 spiro atoms. The lowest BCUT2D eigenvalue weighted by Crippen LogP contribution is -2.53. The summed E-state index contributed by atoms with van der Waals surface area (Å²) in [5, 5.41) is 13.6. The van der Waals surface area contributed by atoms with E-state index in [0.29, 0.717) is 12.6 Å². The zero-order valence-corrected chi connectivity index (χ0v) is 13.3. The van der Waals surface area contributed by atoms with Crippen LogP contribution in [0.5, 0.6) is 0 Å². The van der Waals surface area contributed by atoms with Crippen LogP contribution < -0.4 is 11.1 Å². The third-order valence-corrected chi connectivity index (χ3v) is 5.04. The summed E-state index contributed by atoms with van der Waals surface area (Å²) in [7, 11) is 0. The summed E-state index contributed by atoms with van der Waals surface area (Å²) in [6.07, 6.45) is 7.44. The molecule has 1 saturated carbocycles. The van der Waals surface area contributed by atoms with Crippen LogP contribution in [-0.2, 0) is 4.79 Å². The molecular formula is C16H31N3O2. The van der Waals surface area contributed by atoms with Crippen molar-refractivity contribution in [1.82, 2.24) is 10.2 Å². The summed E-state index contributed by atoms with van der Waals surface area (Å²) in [5.74, 6) is 0.740. The van der Waals surface area contributed by atoms with E-state index in [9.17, 15) is 9.90 Å². The molecule has 2 fully saturated rings. The standard InChI is InChI=1S/C16H31N3O2/c1-12(20)14-7-15(10-19(9-14)11-16(17)21)18-8-13-5-3-2-4-6-13/h12-15,18,20H,2-11H2,1H3,(H2,17,21). The first-order chi connectivity index (χ1) is 10.0. The van der Waals surface area contributed by atoms with Crippen molar-refractivity contribution in [3.63, 3.8) is 0 Å². The predicted molar refractivity (Wildman–Crippen MR) is 83.8 cm³/mol. The van der Waals surface area contributed by atoms with Crippen LogP contribution in [0, 0.1) is 11.8 Å². The lowest BCUT2D eigenvalue weighted by Gasteiger charge is -2.39. The van der Waals surface area contributed by atoms with E-state index < -0.39 is 0 Å². The van der Waals surface area contributed by atoms with Crippen LogP contribution in [0.15, 0.2) is 0 Å². The number of hydrogen-bond donors (Lipinski definition) is 3. The van der Waals surface area contributed by atoms with Gasteiger partial charge in [0.05, 0.1) is 12.6 Å². The molecule has 2 rings (SSSR count). The van der Waals surface area contributed by atoms with E-state index >= 15 is 0 Å². The minimum atomic E-state index is -0.334. The van der Waals surface area contributed by atoms with Crippen LogP contribution in [0.3, 0.4) is 0 Å². The fourth-order valence-corrected chi connectivity index (χ4v) is 3.80. The van der Waals surface area contributed by atoms with E-state index in [1.807, 2.05) is 6.92 Å². The summed E-state index contributed by atoms with van der Waals surface area (Å²) < 4.78 is 0. The molecule has 0 aromatic heterocycles. The summed E-state index contributed by atoms with van der Waals surface area (Å²) in [6.45, 7) is 4.84. The van der Waals surface area contributed by atoms with Gasteiger partial charge in [0.15, 0.2) is 0 Å². The van der Waals surface area contributed by atoms with Crippen molar-refractivity contribution < 1.29 is 9.90 Å². The maximum absolute atomic E-state index is 11.2. The number of amides is 1. The average Bonchev–Trinajstić information content (AvgIpc) is 2.45. The minimum Gasteiger partial charge on any atom is -0.393 e. The molecule has 3 atom stereocenters. The number of carbonyl (C=O) groups excluding carboxylic acids is 1. The topological polar surface area (TPSA) is 78.6 Å². The van der Waals surface area contributed by atoms with Gasteiger partial charge in [0.25, 0.3) is 0 Å². The molecule has 0 aromatic carbocycles. The van der Waals surface area contributed by atoms with Gasteiger partial charge in [0, 0.05) is 19.1 Å². The van der Waals surface area contributed by atoms with E-state index in [0.717, 1.165) is 32.0 Å². The molecule has 3 unspecified atom stereocenters. The molecule has 5 nitrogen and oxygen atoms in total. The van der Waals surface area contributed by atoms with Gasteiger partial charge in [0.1, 0.15) is 0 Å². The summed E-state index contributed by atoms with van der Waals surface area (Å²) in [4.78, 5) is 13.2. The number of rotatable bonds is 6. The zero-order valence-electron chi connectivity index (χ0n) is 13.3. The SMILES string of the molecule is CC(O)C1CC(NCC2CCCCC2)CN(CC(N)=O)C1. The molecule has 0 radical (unpaired) electrons. The Labute approximate surface area is 128 Å². The van der Waals surface area contributed by atoms with Crippen molar-refractivity contribution in [2.45, 2.75) is 57.6 Å². The van der Waals surface area contributed by atoms with E-state index in [4.69, 9.17) is 5.73 Å². The highest BCUT2D eigenvalue weighted by molar-refractivity contribution is 5.75. The van der Waals surface area contributed by atoms with Gasteiger partial charge in [0.2, 0.25) is 5.91 Å². The van der Waals surface area contributed by atoms with Gasteiger partial charge in [-0.3, -0.25) is 9.69 Å². The second-order valence-electron chi connectivity index (χ2n) is 7.01. The quantitative estimate of drug-likeness (QED) is 0.675. The summed E-state index contributed by atoms with van der Waals surface area (Å²) >= 11 is 0. The molecule has 2 aliphatic rings. The van der Waals surface area contributed by atoms with E-state index in [-0.39, 0.29) is 17.9 Å². The van der Waals surface area contributed by atoms with Gasteiger partial charge < -0.3 is 16.2 Å². The first-order valence-electron chi connectivity index (χ1n) is 8.46. The maximum atomic E-state index is 11.2. The second kappa shape index (κ2) is 8.11. The van der Waals surface area contributed by atoms with Crippen molar-refractivity contribution in [2.75, 3.05) is 26.2 Å².